The first-order chi connectivity index (χ1) is 32.5. The van der Waals surface area contributed by atoms with Gasteiger partial charge in [-0.15, -0.1) is 0 Å². The Balaban J connectivity index is 0.833. The molecule has 2 aromatic heterocycles. The molecule has 12 aromatic rings. The zero-order valence-corrected chi connectivity index (χ0v) is 37.1. The lowest BCUT2D eigenvalue weighted by atomic mass is 9.80. The second-order valence-electron chi connectivity index (χ2n) is 18.8. The Labute approximate surface area is 385 Å². The molecule has 13 rings (SSSR count). The SMILES string of the molecule is CC1(C)c2cc(CCC(c3ccc(-c4ccc5ccccc5c4)cc3)c3cccc4c3oc3ccccc34)ccc2-c2ccc(-c3ccc4c(c3)c3ccccc3n4-c3ccccc3)cc21. The molecule has 1 aliphatic rings. The van der Waals surface area contributed by atoms with Crippen LogP contribution in [0.3, 0.4) is 0 Å². The van der Waals surface area contributed by atoms with Gasteiger partial charge in [-0.2, -0.15) is 0 Å². The van der Waals surface area contributed by atoms with Crippen LogP contribution in [0.5, 0.6) is 0 Å². The van der Waals surface area contributed by atoms with E-state index in [2.05, 4.69) is 237 Å². The van der Waals surface area contributed by atoms with Gasteiger partial charge >= 0.3 is 0 Å². The van der Waals surface area contributed by atoms with Crippen LogP contribution in [-0.2, 0) is 11.8 Å². The van der Waals surface area contributed by atoms with Gasteiger partial charge in [-0.1, -0.05) is 184 Å². The lowest BCUT2D eigenvalue weighted by Crippen LogP contribution is -2.15. The van der Waals surface area contributed by atoms with Crippen LogP contribution in [0.2, 0.25) is 0 Å². The molecule has 1 atom stereocenters. The van der Waals surface area contributed by atoms with Crippen molar-refractivity contribution >= 4 is 54.5 Å². The highest BCUT2D eigenvalue weighted by Crippen LogP contribution is 2.50. The summed E-state index contributed by atoms with van der Waals surface area (Å²) in [6.45, 7) is 4.81. The van der Waals surface area contributed by atoms with Gasteiger partial charge in [-0.05, 0) is 128 Å². The molecule has 1 unspecified atom stereocenters. The molecule has 2 heterocycles. The minimum absolute atomic E-state index is 0.139. The monoisotopic (exact) mass is 845 g/mol. The van der Waals surface area contributed by atoms with Gasteiger partial charge in [0.1, 0.15) is 11.2 Å². The van der Waals surface area contributed by atoms with E-state index in [4.69, 9.17) is 4.42 Å². The molecule has 10 aromatic carbocycles. The van der Waals surface area contributed by atoms with E-state index in [1.54, 1.807) is 0 Å². The molecular formula is C64H47NO. The summed E-state index contributed by atoms with van der Waals surface area (Å²) in [7, 11) is 0. The second kappa shape index (κ2) is 15.1. The van der Waals surface area contributed by atoms with Crippen LogP contribution in [0.1, 0.15) is 54.0 Å². The highest BCUT2D eigenvalue weighted by molar-refractivity contribution is 6.10. The Morgan fingerprint density at radius 3 is 1.95 bits per heavy atom. The van der Waals surface area contributed by atoms with Crippen molar-refractivity contribution in [1.82, 2.24) is 4.57 Å². The van der Waals surface area contributed by atoms with E-state index in [1.165, 1.54) is 110 Å². The van der Waals surface area contributed by atoms with Gasteiger partial charge < -0.3 is 8.98 Å². The fourth-order valence-corrected chi connectivity index (χ4v) is 11.3. The Morgan fingerprint density at radius 1 is 0.455 bits per heavy atom. The number of fused-ring (bicyclic) bond motifs is 10. The van der Waals surface area contributed by atoms with Crippen molar-refractivity contribution in [2.45, 2.75) is 38.0 Å². The standard InChI is InChI=1S/C64H47NO/c1-64(2)58-37-41(24-34-51(58)52-35-31-48(40-59(52)64)47-32-36-61-57(39-47)53-17-8-10-21-60(53)65(61)49-15-4-3-5-16-49)23-33-50(55-19-12-20-56-54-18-9-11-22-62(54)66-63(55)56)44-28-25-43(26-29-44)46-30-27-42-13-6-7-14-45(42)38-46/h3-22,24-32,34-40,50H,23,33H2,1-2H3. The maximum Gasteiger partial charge on any atom is 0.139 e. The fraction of sp³-hybridized carbons (Fsp3) is 0.0938. The van der Waals surface area contributed by atoms with Crippen LogP contribution in [0, 0.1) is 0 Å². The van der Waals surface area contributed by atoms with Crippen LogP contribution in [0.25, 0.3) is 93.6 Å². The summed E-state index contributed by atoms with van der Waals surface area (Å²) in [5.74, 6) is 0.139. The normalized spacial score (nSPS) is 13.5. The van der Waals surface area contributed by atoms with Crippen molar-refractivity contribution in [1.29, 1.82) is 0 Å². The van der Waals surface area contributed by atoms with Gasteiger partial charge in [0.25, 0.3) is 0 Å². The second-order valence-corrected chi connectivity index (χ2v) is 18.8. The van der Waals surface area contributed by atoms with E-state index in [0.717, 1.165) is 24.0 Å². The van der Waals surface area contributed by atoms with E-state index < -0.39 is 0 Å². The van der Waals surface area contributed by atoms with E-state index in [0.29, 0.717) is 0 Å². The summed E-state index contributed by atoms with van der Waals surface area (Å²) >= 11 is 0. The van der Waals surface area contributed by atoms with E-state index in [9.17, 15) is 0 Å². The first-order valence-electron chi connectivity index (χ1n) is 23.3. The molecule has 2 nitrogen and oxygen atoms in total. The van der Waals surface area contributed by atoms with Gasteiger partial charge in [0.15, 0.2) is 0 Å². The van der Waals surface area contributed by atoms with Crippen molar-refractivity contribution < 1.29 is 4.42 Å². The first-order valence-corrected chi connectivity index (χ1v) is 23.3. The van der Waals surface area contributed by atoms with Crippen molar-refractivity contribution in [2.24, 2.45) is 0 Å². The Kier molecular flexibility index (Phi) is 8.80. The Bertz CT molecular complexity index is 3850. The molecule has 0 amide bonds. The van der Waals surface area contributed by atoms with E-state index >= 15 is 0 Å². The van der Waals surface area contributed by atoms with Crippen molar-refractivity contribution in [2.75, 3.05) is 0 Å². The molecule has 0 bridgehead atoms. The number of aryl methyl sites for hydroxylation is 1. The molecule has 0 aliphatic heterocycles. The third kappa shape index (κ3) is 6.16. The molecule has 0 radical (unpaired) electrons. The molecule has 1 aliphatic carbocycles. The molecule has 314 valence electrons. The molecule has 2 heteroatoms. The maximum absolute atomic E-state index is 6.70. The zero-order valence-electron chi connectivity index (χ0n) is 37.1. The molecule has 0 spiro atoms. The number of furan rings is 1. The van der Waals surface area contributed by atoms with Gasteiger partial charge in [-0.25, -0.2) is 0 Å². The van der Waals surface area contributed by atoms with Crippen LogP contribution < -0.4 is 0 Å². The lowest BCUT2D eigenvalue weighted by Gasteiger charge is -2.23. The summed E-state index contributed by atoms with van der Waals surface area (Å²) in [6, 6.07) is 80.7. The predicted octanol–water partition coefficient (Wildman–Crippen LogP) is 17.2. The summed E-state index contributed by atoms with van der Waals surface area (Å²) < 4.78 is 9.08. The van der Waals surface area contributed by atoms with Crippen LogP contribution in [-0.4, -0.2) is 4.57 Å². The summed E-state index contributed by atoms with van der Waals surface area (Å²) in [5, 5.41) is 7.41. The number of para-hydroxylation sites is 4. The minimum Gasteiger partial charge on any atom is -0.456 e. The summed E-state index contributed by atoms with van der Waals surface area (Å²) in [5.41, 5.74) is 19.8. The number of nitrogens with zero attached hydrogens (tertiary/aromatic N) is 1. The number of benzene rings is 10. The van der Waals surface area contributed by atoms with Crippen molar-refractivity contribution in [3.8, 4) is 39.1 Å². The maximum atomic E-state index is 6.70. The average molecular weight is 846 g/mol. The molecule has 0 N–H and O–H groups in total. The topological polar surface area (TPSA) is 18.1 Å². The Hall–Kier alpha value is -7.94. The van der Waals surface area contributed by atoms with Crippen LogP contribution in [0.4, 0.5) is 0 Å². The third-order valence-electron chi connectivity index (χ3n) is 14.7. The van der Waals surface area contributed by atoms with E-state index in [-0.39, 0.29) is 11.3 Å². The van der Waals surface area contributed by atoms with E-state index in [1.807, 2.05) is 0 Å². The minimum atomic E-state index is -0.151. The molecular weight excluding hydrogens is 799 g/mol. The predicted molar refractivity (Wildman–Crippen MR) is 277 cm³/mol. The van der Waals surface area contributed by atoms with Crippen molar-refractivity contribution in [3.63, 3.8) is 0 Å². The number of hydrogen-bond acceptors (Lipinski definition) is 1. The first kappa shape index (κ1) is 38.5. The molecule has 0 fully saturated rings. The summed E-state index contributed by atoms with van der Waals surface area (Å²) in [6.07, 6.45) is 1.89. The molecule has 0 saturated carbocycles. The van der Waals surface area contributed by atoms with Gasteiger partial charge in [0, 0.05) is 44.1 Å². The number of rotatable bonds is 8. The molecule has 66 heavy (non-hydrogen) atoms. The zero-order chi connectivity index (χ0) is 43.9. The number of aromatic nitrogens is 1. The van der Waals surface area contributed by atoms with Gasteiger partial charge in [0.05, 0.1) is 11.0 Å². The fourth-order valence-electron chi connectivity index (χ4n) is 11.3. The smallest absolute Gasteiger partial charge is 0.139 e. The molecule has 0 saturated heterocycles. The quantitative estimate of drug-likeness (QED) is 0.149. The highest BCUT2D eigenvalue weighted by atomic mass is 16.3. The number of hydrogen-bond donors (Lipinski definition) is 0. The van der Waals surface area contributed by atoms with Gasteiger partial charge in [0.2, 0.25) is 0 Å². The van der Waals surface area contributed by atoms with Crippen LogP contribution >= 0.6 is 0 Å². The van der Waals surface area contributed by atoms with Gasteiger partial charge in [-0.3, -0.25) is 0 Å². The largest absolute Gasteiger partial charge is 0.456 e. The lowest BCUT2D eigenvalue weighted by molar-refractivity contribution is 0.643. The van der Waals surface area contributed by atoms with Crippen molar-refractivity contribution in [3.05, 3.63) is 246 Å². The average Bonchev–Trinajstić information content (AvgIpc) is 3.99. The van der Waals surface area contributed by atoms with Crippen LogP contribution in [0.15, 0.2) is 223 Å². The Morgan fingerprint density at radius 2 is 1.09 bits per heavy atom. The third-order valence-corrected chi connectivity index (χ3v) is 14.7. The summed E-state index contributed by atoms with van der Waals surface area (Å²) in [4.78, 5) is 0. The highest BCUT2D eigenvalue weighted by Gasteiger charge is 2.36.